The van der Waals surface area contributed by atoms with Gasteiger partial charge in [-0.15, -0.1) is 24.0 Å². The molecule has 0 aliphatic carbocycles. The maximum Gasteiger partial charge on any atom is 0.287 e. The Kier molecular flexibility index (Phi) is 8.73. The molecule has 0 radical (unpaired) electrons. The normalized spacial score (nSPS) is 10.6. The lowest BCUT2D eigenvalue weighted by atomic mass is 10.3. The summed E-state index contributed by atoms with van der Waals surface area (Å²) in [5, 5.41) is 9.00. The standard InChI is InChI=1S/C15H19N5O2.HI/c1-16-15(20-11-12-5-2-3-7-17-12)19-9-8-18-14(21)13-6-4-10-22-13;/h2-7,10H,8-9,11H2,1H3,(H,18,21)(H2,16,19,20);1H. The van der Waals surface area contributed by atoms with Crippen molar-refractivity contribution in [3.05, 3.63) is 54.2 Å². The first kappa shape index (κ1) is 18.9. The summed E-state index contributed by atoms with van der Waals surface area (Å²) in [5.74, 6) is 0.721. The first-order chi connectivity index (χ1) is 10.8. The SMILES string of the molecule is CN=C(NCCNC(=O)c1ccco1)NCc1ccccn1.I. The van der Waals surface area contributed by atoms with E-state index >= 15 is 0 Å². The first-order valence-corrected chi connectivity index (χ1v) is 6.95. The molecule has 0 aromatic carbocycles. The Bertz CT molecular complexity index is 602. The molecular weight excluding hydrogens is 409 g/mol. The highest BCUT2D eigenvalue weighted by Crippen LogP contribution is 1.98. The summed E-state index contributed by atoms with van der Waals surface area (Å²) in [5.41, 5.74) is 0.927. The summed E-state index contributed by atoms with van der Waals surface area (Å²) in [6, 6.07) is 9.04. The van der Waals surface area contributed by atoms with Gasteiger partial charge in [-0.05, 0) is 24.3 Å². The molecule has 0 bridgehead atoms. The van der Waals surface area contributed by atoms with E-state index in [0.29, 0.717) is 31.4 Å². The van der Waals surface area contributed by atoms with Crippen molar-refractivity contribution in [2.75, 3.05) is 20.1 Å². The third-order valence-electron chi connectivity index (χ3n) is 2.83. The third-order valence-corrected chi connectivity index (χ3v) is 2.83. The van der Waals surface area contributed by atoms with E-state index in [0.717, 1.165) is 5.69 Å². The predicted molar refractivity (Wildman–Crippen MR) is 98.9 cm³/mol. The van der Waals surface area contributed by atoms with Gasteiger partial charge in [0.15, 0.2) is 11.7 Å². The van der Waals surface area contributed by atoms with E-state index in [1.54, 1.807) is 25.4 Å². The second-order valence-electron chi connectivity index (χ2n) is 4.41. The molecule has 0 unspecified atom stereocenters. The Morgan fingerprint density at radius 3 is 2.65 bits per heavy atom. The van der Waals surface area contributed by atoms with E-state index in [1.165, 1.54) is 6.26 Å². The predicted octanol–water partition coefficient (Wildman–Crippen LogP) is 1.39. The van der Waals surface area contributed by atoms with E-state index in [9.17, 15) is 4.79 Å². The summed E-state index contributed by atoms with van der Waals surface area (Å²) in [6.45, 7) is 1.59. The van der Waals surface area contributed by atoms with Crippen LogP contribution in [0.4, 0.5) is 0 Å². The second kappa shape index (κ2) is 10.6. The molecule has 0 aliphatic rings. The Morgan fingerprint density at radius 2 is 2.00 bits per heavy atom. The lowest BCUT2D eigenvalue weighted by Crippen LogP contribution is -2.41. The number of furan rings is 1. The molecule has 0 atom stereocenters. The zero-order valence-corrected chi connectivity index (χ0v) is 15.1. The molecule has 2 aromatic heterocycles. The number of guanidine groups is 1. The lowest BCUT2D eigenvalue weighted by Gasteiger charge is -2.11. The van der Waals surface area contributed by atoms with E-state index < -0.39 is 0 Å². The van der Waals surface area contributed by atoms with Crippen molar-refractivity contribution in [2.24, 2.45) is 4.99 Å². The molecule has 7 nitrogen and oxygen atoms in total. The molecule has 3 N–H and O–H groups in total. The van der Waals surface area contributed by atoms with Crippen LogP contribution in [-0.2, 0) is 6.54 Å². The fraction of sp³-hybridized carbons (Fsp3) is 0.267. The number of hydrogen-bond donors (Lipinski definition) is 3. The number of pyridine rings is 1. The van der Waals surface area contributed by atoms with Gasteiger partial charge in [-0.2, -0.15) is 0 Å². The molecule has 124 valence electrons. The van der Waals surface area contributed by atoms with Gasteiger partial charge in [-0.25, -0.2) is 0 Å². The minimum absolute atomic E-state index is 0. The Hall–Kier alpha value is -2.10. The molecule has 2 heterocycles. The van der Waals surface area contributed by atoms with Gasteiger partial charge < -0.3 is 20.4 Å². The van der Waals surface area contributed by atoms with Gasteiger partial charge in [0, 0.05) is 26.3 Å². The lowest BCUT2D eigenvalue weighted by molar-refractivity contribution is 0.0926. The summed E-state index contributed by atoms with van der Waals surface area (Å²) in [6.07, 6.45) is 3.22. The van der Waals surface area contributed by atoms with E-state index in [4.69, 9.17) is 4.42 Å². The topological polar surface area (TPSA) is 91.5 Å². The minimum atomic E-state index is -0.233. The van der Waals surface area contributed by atoms with E-state index in [1.807, 2.05) is 18.2 Å². The highest BCUT2D eigenvalue weighted by molar-refractivity contribution is 14.0. The molecule has 23 heavy (non-hydrogen) atoms. The molecule has 8 heteroatoms. The quantitative estimate of drug-likeness (QED) is 0.280. The number of halogens is 1. The smallest absolute Gasteiger partial charge is 0.287 e. The van der Waals surface area contributed by atoms with E-state index in [2.05, 4.69) is 25.9 Å². The Balaban J connectivity index is 0.00000264. The fourth-order valence-electron chi connectivity index (χ4n) is 1.75. The second-order valence-corrected chi connectivity index (χ2v) is 4.41. The molecule has 0 saturated carbocycles. The van der Waals surface area contributed by atoms with Crippen LogP contribution in [0.3, 0.4) is 0 Å². The van der Waals surface area contributed by atoms with Gasteiger partial charge in [-0.1, -0.05) is 6.07 Å². The number of nitrogens with zero attached hydrogens (tertiary/aromatic N) is 2. The molecule has 0 saturated heterocycles. The number of carbonyl (C=O) groups is 1. The van der Waals surface area contributed by atoms with Crippen LogP contribution < -0.4 is 16.0 Å². The van der Waals surface area contributed by atoms with Crippen LogP contribution in [0.5, 0.6) is 0 Å². The van der Waals surface area contributed by atoms with Crippen molar-refractivity contribution < 1.29 is 9.21 Å². The van der Waals surface area contributed by atoms with Crippen LogP contribution in [0.25, 0.3) is 0 Å². The molecule has 1 amide bonds. The zero-order chi connectivity index (χ0) is 15.6. The molecule has 2 rings (SSSR count). The largest absolute Gasteiger partial charge is 0.459 e. The summed E-state index contributed by atoms with van der Waals surface area (Å²) in [7, 11) is 1.69. The number of aromatic nitrogens is 1. The highest BCUT2D eigenvalue weighted by Gasteiger charge is 2.06. The minimum Gasteiger partial charge on any atom is -0.459 e. The summed E-state index contributed by atoms with van der Waals surface area (Å²) in [4.78, 5) is 20.0. The molecule has 0 spiro atoms. The van der Waals surface area contributed by atoms with Crippen LogP contribution in [0, 0.1) is 0 Å². The van der Waals surface area contributed by atoms with Crippen LogP contribution in [0.2, 0.25) is 0 Å². The van der Waals surface area contributed by atoms with Gasteiger partial charge in [0.05, 0.1) is 18.5 Å². The van der Waals surface area contributed by atoms with Crippen molar-refractivity contribution in [3.63, 3.8) is 0 Å². The average Bonchev–Trinajstić information content (AvgIpc) is 3.09. The summed E-state index contributed by atoms with van der Waals surface area (Å²) >= 11 is 0. The first-order valence-electron chi connectivity index (χ1n) is 6.95. The van der Waals surface area contributed by atoms with Crippen molar-refractivity contribution in [3.8, 4) is 0 Å². The van der Waals surface area contributed by atoms with Gasteiger partial charge in [0.25, 0.3) is 5.91 Å². The molecule has 0 aliphatic heterocycles. The monoisotopic (exact) mass is 429 g/mol. The number of carbonyl (C=O) groups excluding carboxylic acids is 1. The van der Waals surface area contributed by atoms with Crippen molar-refractivity contribution in [1.82, 2.24) is 20.9 Å². The maximum absolute atomic E-state index is 11.6. The van der Waals surface area contributed by atoms with Gasteiger partial charge in [0.2, 0.25) is 0 Å². The van der Waals surface area contributed by atoms with Gasteiger partial charge in [-0.3, -0.25) is 14.8 Å². The molecule has 0 fully saturated rings. The Labute approximate surface area is 152 Å². The third kappa shape index (κ3) is 6.68. The van der Waals surface area contributed by atoms with Crippen molar-refractivity contribution >= 4 is 35.8 Å². The number of nitrogens with one attached hydrogen (secondary N) is 3. The van der Waals surface area contributed by atoms with Crippen molar-refractivity contribution in [2.45, 2.75) is 6.54 Å². The fourth-order valence-corrected chi connectivity index (χ4v) is 1.75. The molecular formula is C15H20IN5O2. The van der Waals surface area contributed by atoms with E-state index in [-0.39, 0.29) is 29.9 Å². The average molecular weight is 429 g/mol. The van der Waals surface area contributed by atoms with Gasteiger partial charge in [0.1, 0.15) is 0 Å². The highest BCUT2D eigenvalue weighted by atomic mass is 127. The van der Waals surface area contributed by atoms with Gasteiger partial charge >= 0.3 is 0 Å². The number of amides is 1. The zero-order valence-electron chi connectivity index (χ0n) is 12.8. The van der Waals surface area contributed by atoms with Crippen molar-refractivity contribution in [1.29, 1.82) is 0 Å². The van der Waals surface area contributed by atoms with Crippen LogP contribution >= 0.6 is 24.0 Å². The molecule has 2 aromatic rings. The Morgan fingerprint density at radius 1 is 1.17 bits per heavy atom. The van der Waals surface area contributed by atoms with Crippen LogP contribution in [0.1, 0.15) is 16.2 Å². The number of aliphatic imine (C=N–C) groups is 1. The number of rotatable bonds is 6. The van der Waals surface area contributed by atoms with Crippen LogP contribution in [0.15, 0.2) is 52.2 Å². The maximum atomic E-state index is 11.6. The number of hydrogen-bond acceptors (Lipinski definition) is 4. The summed E-state index contributed by atoms with van der Waals surface area (Å²) < 4.78 is 5.01. The van der Waals surface area contributed by atoms with Crippen LogP contribution in [-0.4, -0.2) is 37.0 Å².